The predicted molar refractivity (Wildman–Crippen MR) is 104 cm³/mol. The molecule has 2 aliphatic rings. The number of rotatable bonds is 4. The number of carbonyl (C=O) groups is 1. The number of fused-ring (bicyclic) bond motifs is 3. The normalized spacial score (nSPS) is 24.0. The number of hydrogen-bond donors (Lipinski definition) is 0. The number of Topliss-reactive ketones (excluding diaryl/α,β-unsaturated/α-hetero) is 1. The van der Waals surface area contributed by atoms with Gasteiger partial charge in [0.1, 0.15) is 17.2 Å². The summed E-state index contributed by atoms with van der Waals surface area (Å²) in [7, 11) is 4.94. The molecule has 0 aliphatic heterocycles. The summed E-state index contributed by atoms with van der Waals surface area (Å²) in [6, 6.07) is 11.8. The maximum absolute atomic E-state index is 13.7. The fraction of sp³-hybridized carbons (Fsp3) is 0.435. The smallest absolute Gasteiger partial charge is 0.174 e. The van der Waals surface area contributed by atoms with E-state index < -0.39 is 0 Å². The lowest BCUT2D eigenvalue weighted by Gasteiger charge is -2.42. The van der Waals surface area contributed by atoms with E-state index in [4.69, 9.17) is 14.2 Å². The van der Waals surface area contributed by atoms with Crippen LogP contribution in [-0.4, -0.2) is 27.1 Å². The molecule has 0 radical (unpaired) electrons. The van der Waals surface area contributed by atoms with E-state index >= 15 is 0 Å². The molecule has 4 heteroatoms. The Balaban J connectivity index is 1.86. The molecular weight excluding hydrogens is 340 g/mol. The van der Waals surface area contributed by atoms with Crippen molar-refractivity contribution in [2.75, 3.05) is 21.3 Å². The zero-order valence-corrected chi connectivity index (χ0v) is 16.2. The molecule has 2 aliphatic carbocycles. The van der Waals surface area contributed by atoms with Gasteiger partial charge in [0.25, 0.3) is 0 Å². The van der Waals surface area contributed by atoms with Gasteiger partial charge in [-0.1, -0.05) is 25.0 Å². The maximum atomic E-state index is 13.7. The number of ketones is 1. The quantitative estimate of drug-likeness (QED) is 0.767. The molecule has 0 bridgehead atoms. The molecule has 0 N–H and O–H groups in total. The molecule has 0 heterocycles. The molecule has 2 aromatic rings. The largest absolute Gasteiger partial charge is 0.497 e. The fourth-order valence-electron chi connectivity index (χ4n) is 4.95. The number of hydrogen-bond acceptors (Lipinski definition) is 4. The van der Waals surface area contributed by atoms with Gasteiger partial charge in [-0.25, -0.2) is 0 Å². The second kappa shape index (κ2) is 7.26. The first kappa shape index (κ1) is 17.9. The minimum absolute atomic E-state index is 0.129. The summed E-state index contributed by atoms with van der Waals surface area (Å²) in [5, 5.41) is 0. The van der Waals surface area contributed by atoms with Crippen molar-refractivity contribution in [3.63, 3.8) is 0 Å². The minimum atomic E-state index is -0.129. The van der Waals surface area contributed by atoms with E-state index in [2.05, 4.69) is 0 Å². The third kappa shape index (κ3) is 2.97. The van der Waals surface area contributed by atoms with Crippen molar-refractivity contribution in [2.24, 2.45) is 5.92 Å². The van der Waals surface area contributed by atoms with E-state index in [0.29, 0.717) is 17.6 Å². The topological polar surface area (TPSA) is 44.8 Å². The monoisotopic (exact) mass is 366 g/mol. The molecule has 0 spiro atoms. The van der Waals surface area contributed by atoms with Crippen molar-refractivity contribution in [3.05, 3.63) is 53.1 Å². The van der Waals surface area contributed by atoms with Gasteiger partial charge in [-0.15, -0.1) is 0 Å². The van der Waals surface area contributed by atoms with Gasteiger partial charge in [-0.2, -0.15) is 0 Å². The summed E-state index contributed by atoms with van der Waals surface area (Å²) in [5.41, 5.74) is 2.91. The summed E-state index contributed by atoms with van der Waals surface area (Å²) >= 11 is 0. The predicted octanol–water partition coefficient (Wildman–Crippen LogP) is 4.97. The molecule has 1 saturated carbocycles. The lowest BCUT2D eigenvalue weighted by atomic mass is 9.61. The average molecular weight is 366 g/mol. The molecular formula is C23H26O4. The number of methoxy groups -OCH3 is 3. The minimum Gasteiger partial charge on any atom is -0.497 e. The Kier molecular flexibility index (Phi) is 4.81. The Bertz CT molecular complexity index is 840. The van der Waals surface area contributed by atoms with Crippen LogP contribution in [0.15, 0.2) is 36.4 Å². The van der Waals surface area contributed by atoms with E-state index in [1.165, 1.54) is 12.8 Å². The molecule has 1 fully saturated rings. The summed E-state index contributed by atoms with van der Waals surface area (Å²) in [6.45, 7) is 0. The van der Waals surface area contributed by atoms with Crippen molar-refractivity contribution < 1.29 is 19.0 Å². The second-order valence-corrected chi connectivity index (χ2v) is 7.46. The van der Waals surface area contributed by atoms with E-state index in [0.717, 1.165) is 41.0 Å². The SMILES string of the molecule is COc1ccc(C2C(=O)c3c(OC)cc(OC)cc3[C@@H]3CCCC[C@H]23)cc1. The molecule has 4 nitrogen and oxygen atoms in total. The Morgan fingerprint density at radius 3 is 2.22 bits per heavy atom. The fourth-order valence-corrected chi connectivity index (χ4v) is 4.95. The van der Waals surface area contributed by atoms with Gasteiger partial charge >= 0.3 is 0 Å². The summed E-state index contributed by atoms with van der Waals surface area (Å²) < 4.78 is 16.4. The highest BCUT2D eigenvalue weighted by Gasteiger charge is 2.45. The standard InChI is InChI=1S/C23H26O4/c1-25-15-10-8-14(9-11-15)21-18-7-5-4-6-17(18)19-12-16(26-2)13-20(27-3)22(19)23(21)24/h8-13,17-18,21H,4-7H2,1-3H3/t17-,18+,21?/m1/s1. The van der Waals surface area contributed by atoms with Gasteiger partial charge in [-0.3, -0.25) is 4.79 Å². The molecule has 0 amide bonds. The van der Waals surface area contributed by atoms with Crippen LogP contribution in [0.2, 0.25) is 0 Å². The van der Waals surface area contributed by atoms with Crippen molar-refractivity contribution in [1.29, 1.82) is 0 Å². The van der Waals surface area contributed by atoms with E-state index in [-0.39, 0.29) is 11.7 Å². The van der Waals surface area contributed by atoms with Crippen molar-refractivity contribution in [3.8, 4) is 17.2 Å². The highest BCUT2D eigenvalue weighted by molar-refractivity contribution is 6.06. The molecule has 0 saturated heterocycles. The lowest BCUT2D eigenvalue weighted by molar-refractivity contribution is 0.0869. The summed E-state index contributed by atoms with van der Waals surface area (Å²) in [5.74, 6) is 2.91. The highest BCUT2D eigenvalue weighted by atomic mass is 16.5. The number of carbonyl (C=O) groups excluding carboxylic acids is 1. The zero-order valence-electron chi connectivity index (χ0n) is 16.2. The number of benzene rings is 2. The van der Waals surface area contributed by atoms with Crippen LogP contribution in [0.1, 0.15) is 59.0 Å². The lowest BCUT2D eigenvalue weighted by Crippen LogP contribution is -2.35. The van der Waals surface area contributed by atoms with Gasteiger partial charge in [0, 0.05) is 6.07 Å². The van der Waals surface area contributed by atoms with E-state index in [9.17, 15) is 4.79 Å². The van der Waals surface area contributed by atoms with Crippen LogP contribution in [0.4, 0.5) is 0 Å². The van der Waals surface area contributed by atoms with E-state index in [1.807, 2.05) is 36.4 Å². The average Bonchev–Trinajstić information content (AvgIpc) is 2.73. The molecule has 4 rings (SSSR count). The molecule has 142 valence electrons. The van der Waals surface area contributed by atoms with Crippen LogP contribution in [0.3, 0.4) is 0 Å². The first-order valence-electron chi connectivity index (χ1n) is 9.62. The van der Waals surface area contributed by atoms with Gasteiger partial charge in [0.15, 0.2) is 5.78 Å². The highest BCUT2D eigenvalue weighted by Crippen LogP contribution is 2.53. The molecule has 0 aromatic heterocycles. The van der Waals surface area contributed by atoms with Crippen LogP contribution in [0.5, 0.6) is 17.2 Å². The molecule has 2 aromatic carbocycles. The Morgan fingerprint density at radius 1 is 0.852 bits per heavy atom. The zero-order chi connectivity index (χ0) is 19.0. The van der Waals surface area contributed by atoms with Crippen LogP contribution in [-0.2, 0) is 0 Å². The Labute approximate surface area is 160 Å². The van der Waals surface area contributed by atoms with Crippen molar-refractivity contribution in [2.45, 2.75) is 37.5 Å². The summed E-state index contributed by atoms with van der Waals surface area (Å²) in [6.07, 6.45) is 4.56. The van der Waals surface area contributed by atoms with Gasteiger partial charge in [0.05, 0.1) is 32.8 Å². The van der Waals surface area contributed by atoms with Crippen LogP contribution < -0.4 is 14.2 Å². The van der Waals surface area contributed by atoms with Crippen LogP contribution in [0, 0.1) is 5.92 Å². The number of ether oxygens (including phenoxy) is 3. The van der Waals surface area contributed by atoms with Crippen molar-refractivity contribution >= 4 is 5.78 Å². The van der Waals surface area contributed by atoms with Crippen molar-refractivity contribution in [1.82, 2.24) is 0 Å². The Morgan fingerprint density at radius 2 is 1.56 bits per heavy atom. The first-order chi connectivity index (χ1) is 13.2. The maximum Gasteiger partial charge on any atom is 0.174 e. The summed E-state index contributed by atoms with van der Waals surface area (Å²) in [4.78, 5) is 13.7. The second-order valence-electron chi connectivity index (χ2n) is 7.46. The molecule has 3 atom stereocenters. The first-order valence-corrected chi connectivity index (χ1v) is 9.62. The van der Waals surface area contributed by atoms with Gasteiger partial charge in [0.2, 0.25) is 0 Å². The van der Waals surface area contributed by atoms with Crippen LogP contribution in [0.25, 0.3) is 0 Å². The Hall–Kier alpha value is -2.49. The van der Waals surface area contributed by atoms with Crippen LogP contribution >= 0.6 is 0 Å². The third-order valence-electron chi connectivity index (χ3n) is 6.21. The van der Waals surface area contributed by atoms with E-state index in [1.54, 1.807) is 21.3 Å². The van der Waals surface area contributed by atoms with Gasteiger partial charge in [-0.05, 0) is 54.0 Å². The molecule has 27 heavy (non-hydrogen) atoms. The third-order valence-corrected chi connectivity index (χ3v) is 6.21. The molecule has 1 unspecified atom stereocenters. The van der Waals surface area contributed by atoms with Gasteiger partial charge < -0.3 is 14.2 Å².